The fourth-order valence-electron chi connectivity index (χ4n) is 8.79. The molecule has 3 nitrogen and oxygen atoms in total. The predicted molar refractivity (Wildman–Crippen MR) is 210 cm³/mol. The first-order chi connectivity index (χ1) is 25.8. The Hall–Kier alpha value is -6.84. The van der Waals surface area contributed by atoms with Crippen LogP contribution in [0.15, 0.2) is 188 Å². The van der Waals surface area contributed by atoms with E-state index in [1.165, 1.54) is 21.8 Å². The van der Waals surface area contributed by atoms with E-state index in [-0.39, 0.29) is 0 Å². The number of benzene rings is 8. The standard InChI is InChI=1S/C49H31NO2/c1-3-15-32(16-4-1)36-21-14-25-41-48(36)52-45-28-12-9-24-40(45)49(41)39-23-8-11-27-44(39)51-46-30-29-33(31-42(46)49)35-20-13-22-38-37-19-7-10-26-43(37)50(47(35)38)34-17-5-2-6-18-34/h1-31H. The van der Waals surface area contributed by atoms with Crippen LogP contribution < -0.4 is 9.47 Å². The first-order valence-corrected chi connectivity index (χ1v) is 17.8. The number of para-hydroxylation sites is 6. The van der Waals surface area contributed by atoms with Crippen LogP contribution in [-0.4, -0.2) is 4.57 Å². The van der Waals surface area contributed by atoms with Crippen molar-refractivity contribution in [3.8, 4) is 50.9 Å². The summed E-state index contributed by atoms with van der Waals surface area (Å²) in [5.41, 5.74) is 11.6. The van der Waals surface area contributed by atoms with Gasteiger partial charge in [0.05, 0.1) is 16.4 Å². The molecule has 0 radical (unpaired) electrons. The summed E-state index contributed by atoms with van der Waals surface area (Å²) >= 11 is 0. The molecule has 9 aromatic rings. The number of fused-ring (bicyclic) bond motifs is 11. The summed E-state index contributed by atoms with van der Waals surface area (Å²) in [6, 6.07) is 66.9. The zero-order valence-corrected chi connectivity index (χ0v) is 28.2. The zero-order valence-electron chi connectivity index (χ0n) is 28.2. The first kappa shape index (κ1) is 28.9. The number of hydrogen-bond acceptors (Lipinski definition) is 2. The van der Waals surface area contributed by atoms with Crippen LogP contribution in [-0.2, 0) is 5.41 Å². The Bertz CT molecular complexity index is 2840. The van der Waals surface area contributed by atoms with Gasteiger partial charge in [-0.2, -0.15) is 0 Å². The largest absolute Gasteiger partial charge is 0.457 e. The monoisotopic (exact) mass is 665 g/mol. The predicted octanol–water partition coefficient (Wildman–Crippen LogP) is 12.7. The molecule has 1 spiro atoms. The van der Waals surface area contributed by atoms with Crippen molar-refractivity contribution in [2.45, 2.75) is 5.41 Å². The first-order valence-electron chi connectivity index (χ1n) is 17.8. The van der Waals surface area contributed by atoms with Gasteiger partial charge in [-0.05, 0) is 53.6 Å². The lowest BCUT2D eigenvalue weighted by molar-refractivity contribution is 0.400. The summed E-state index contributed by atoms with van der Waals surface area (Å²) in [4.78, 5) is 0. The van der Waals surface area contributed by atoms with E-state index in [2.05, 4.69) is 193 Å². The van der Waals surface area contributed by atoms with Crippen molar-refractivity contribution in [3.63, 3.8) is 0 Å². The summed E-state index contributed by atoms with van der Waals surface area (Å²) in [5.74, 6) is 3.40. The molecule has 0 aliphatic carbocycles. The average molecular weight is 666 g/mol. The second-order valence-electron chi connectivity index (χ2n) is 13.6. The van der Waals surface area contributed by atoms with Crippen molar-refractivity contribution < 1.29 is 9.47 Å². The minimum atomic E-state index is -0.713. The quantitative estimate of drug-likeness (QED) is 0.187. The zero-order chi connectivity index (χ0) is 34.2. The third kappa shape index (κ3) is 3.96. The van der Waals surface area contributed by atoms with E-state index in [0.29, 0.717) is 0 Å². The van der Waals surface area contributed by atoms with Gasteiger partial charge in [-0.1, -0.05) is 146 Å². The van der Waals surface area contributed by atoms with E-state index in [4.69, 9.17) is 9.47 Å². The Balaban J connectivity index is 1.25. The van der Waals surface area contributed by atoms with Crippen molar-refractivity contribution in [2.75, 3.05) is 0 Å². The molecule has 2 aliphatic heterocycles. The maximum Gasteiger partial charge on any atom is 0.140 e. The highest BCUT2D eigenvalue weighted by atomic mass is 16.5. The molecule has 52 heavy (non-hydrogen) atoms. The van der Waals surface area contributed by atoms with Crippen LogP contribution in [0.2, 0.25) is 0 Å². The Kier molecular flexibility index (Phi) is 6.17. The van der Waals surface area contributed by atoms with Crippen molar-refractivity contribution in [3.05, 3.63) is 210 Å². The molecule has 0 saturated carbocycles. The maximum absolute atomic E-state index is 6.95. The van der Waals surface area contributed by atoms with E-state index >= 15 is 0 Å². The van der Waals surface area contributed by atoms with Crippen LogP contribution in [0.5, 0.6) is 23.0 Å². The Morgan fingerprint density at radius 3 is 1.79 bits per heavy atom. The van der Waals surface area contributed by atoms with Gasteiger partial charge in [0.25, 0.3) is 0 Å². The number of rotatable bonds is 3. The van der Waals surface area contributed by atoms with E-state index in [9.17, 15) is 0 Å². The topological polar surface area (TPSA) is 23.4 Å². The van der Waals surface area contributed by atoms with Gasteiger partial charge in [0, 0.05) is 49.8 Å². The molecule has 0 amide bonds. The van der Waals surface area contributed by atoms with E-state index in [0.717, 1.165) is 73.2 Å². The third-order valence-electron chi connectivity index (χ3n) is 10.9. The molecule has 0 saturated heterocycles. The molecule has 8 aromatic carbocycles. The van der Waals surface area contributed by atoms with Crippen molar-refractivity contribution in [1.82, 2.24) is 4.57 Å². The van der Waals surface area contributed by atoms with Crippen LogP contribution in [0.25, 0.3) is 49.7 Å². The molecule has 11 rings (SSSR count). The summed E-state index contributed by atoms with van der Waals surface area (Å²) in [6.45, 7) is 0. The average Bonchev–Trinajstić information content (AvgIpc) is 3.56. The van der Waals surface area contributed by atoms with Crippen LogP contribution in [0, 0.1) is 0 Å². The second-order valence-corrected chi connectivity index (χ2v) is 13.6. The number of ether oxygens (including phenoxy) is 2. The number of nitrogens with zero attached hydrogens (tertiary/aromatic N) is 1. The molecule has 2 aliphatic rings. The molecule has 1 unspecified atom stereocenters. The molecule has 3 heterocycles. The fourth-order valence-corrected chi connectivity index (χ4v) is 8.79. The molecule has 0 bridgehead atoms. The summed E-state index contributed by atoms with van der Waals surface area (Å²) in [7, 11) is 0. The smallest absolute Gasteiger partial charge is 0.140 e. The third-order valence-corrected chi connectivity index (χ3v) is 10.9. The molecule has 1 aromatic heterocycles. The molecule has 0 fully saturated rings. The number of aromatic nitrogens is 1. The van der Waals surface area contributed by atoms with Gasteiger partial charge in [-0.15, -0.1) is 0 Å². The van der Waals surface area contributed by atoms with Crippen LogP contribution in [0.1, 0.15) is 22.3 Å². The SMILES string of the molecule is c1ccc(-c2cccc3c2Oc2ccccc2C32c3ccccc3Oc3ccc(-c4cccc5c6ccccc6n(-c6ccccc6)c45)cc32)cc1. The van der Waals surface area contributed by atoms with Crippen molar-refractivity contribution in [2.24, 2.45) is 0 Å². The lowest BCUT2D eigenvalue weighted by atomic mass is 9.61. The Morgan fingerprint density at radius 1 is 0.385 bits per heavy atom. The highest BCUT2D eigenvalue weighted by Gasteiger charge is 2.51. The highest BCUT2D eigenvalue weighted by Crippen LogP contribution is 2.63. The fraction of sp³-hybridized carbons (Fsp3) is 0.0204. The Labute approximate surface area is 301 Å². The highest BCUT2D eigenvalue weighted by molar-refractivity contribution is 6.13. The normalized spacial score (nSPS) is 15.3. The maximum atomic E-state index is 6.95. The Morgan fingerprint density at radius 2 is 0.981 bits per heavy atom. The van der Waals surface area contributed by atoms with E-state index in [1.807, 2.05) is 0 Å². The molecular formula is C49H31NO2. The van der Waals surface area contributed by atoms with Crippen LogP contribution in [0.4, 0.5) is 0 Å². The van der Waals surface area contributed by atoms with Gasteiger partial charge in [-0.25, -0.2) is 0 Å². The molecule has 244 valence electrons. The summed E-state index contributed by atoms with van der Waals surface area (Å²) in [6.07, 6.45) is 0. The summed E-state index contributed by atoms with van der Waals surface area (Å²) in [5, 5.41) is 2.45. The van der Waals surface area contributed by atoms with Gasteiger partial charge >= 0.3 is 0 Å². The van der Waals surface area contributed by atoms with Crippen LogP contribution in [0.3, 0.4) is 0 Å². The van der Waals surface area contributed by atoms with Crippen LogP contribution >= 0.6 is 0 Å². The molecular weight excluding hydrogens is 635 g/mol. The number of hydrogen-bond donors (Lipinski definition) is 0. The van der Waals surface area contributed by atoms with Crippen molar-refractivity contribution in [1.29, 1.82) is 0 Å². The summed E-state index contributed by atoms with van der Waals surface area (Å²) < 4.78 is 16.2. The van der Waals surface area contributed by atoms with E-state index in [1.54, 1.807) is 0 Å². The molecule has 1 atom stereocenters. The lowest BCUT2D eigenvalue weighted by Crippen LogP contribution is -2.37. The lowest BCUT2D eigenvalue weighted by Gasteiger charge is -2.45. The van der Waals surface area contributed by atoms with Gasteiger partial charge in [-0.3, -0.25) is 0 Å². The van der Waals surface area contributed by atoms with Gasteiger partial charge in [0.1, 0.15) is 23.0 Å². The van der Waals surface area contributed by atoms with Gasteiger partial charge < -0.3 is 14.0 Å². The van der Waals surface area contributed by atoms with E-state index < -0.39 is 5.41 Å². The van der Waals surface area contributed by atoms with Crippen molar-refractivity contribution >= 4 is 21.8 Å². The van der Waals surface area contributed by atoms with Gasteiger partial charge in [0.15, 0.2) is 0 Å². The van der Waals surface area contributed by atoms with Gasteiger partial charge in [0.2, 0.25) is 0 Å². The minimum absolute atomic E-state index is 0.713. The molecule has 0 N–H and O–H groups in total. The minimum Gasteiger partial charge on any atom is -0.457 e. The molecule has 3 heteroatoms. The second kappa shape index (κ2) is 11.1.